The molecule has 33 heavy (non-hydrogen) atoms. The maximum Gasteiger partial charge on any atom is 0.243 e. The average Bonchev–Trinajstić information content (AvgIpc) is 3.35. The molecular formula is C24H27N3O4S2. The van der Waals surface area contributed by atoms with E-state index in [2.05, 4.69) is 10.3 Å². The fourth-order valence-electron chi connectivity index (χ4n) is 3.79. The molecule has 0 spiro atoms. The monoisotopic (exact) mass is 485 g/mol. The van der Waals surface area contributed by atoms with Crippen LogP contribution in [0.2, 0.25) is 0 Å². The van der Waals surface area contributed by atoms with Gasteiger partial charge in [-0.2, -0.15) is 4.31 Å². The van der Waals surface area contributed by atoms with Crippen molar-refractivity contribution in [2.75, 3.05) is 30.8 Å². The van der Waals surface area contributed by atoms with Crippen LogP contribution in [0.25, 0.3) is 10.9 Å². The SMILES string of the molecule is CCOc1ccc(NC(=O)CSc2cc(C)c3cc(S(=O)(=O)N4CCCC4)ccc3n2)cc1. The second-order valence-corrected chi connectivity index (χ2v) is 10.8. The number of ether oxygens (including phenoxy) is 1. The second kappa shape index (κ2) is 10.1. The van der Waals surface area contributed by atoms with E-state index < -0.39 is 10.0 Å². The number of nitrogens with one attached hydrogen (secondary N) is 1. The van der Waals surface area contributed by atoms with Crippen LogP contribution in [-0.2, 0) is 14.8 Å². The van der Waals surface area contributed by atoms with E-state index in [1.54, 1.807) is 34.6 Å². The summed E-state index contributed by atoms with van der Waals surface area (Å²) in [4.78, 5) is 17.3. The maximum atomic E-state index is 12.9. The zero-order valence-electron chi connectivity index (χ0n) is 18.7. The average molecular weight is 486 g/mol. The molecule has 0 radical (unpaired) electrons. The molecule has 1 N–H and O–H groups in total. The number of benzene rings is 2. The Morgan fingerprint density at radius 2 is 1.85 bits per heavy atom. The number of fused-ring (bicyclic) bond motifs is 1. The molecule has 0 atom stereocenters. The molecule has 3 aromatic rings. The summed E-state index contributed by atoms with van der Waals surface area (Å²) in [6.45, 7) is 5.60. The van der Waals surface area contributed by atoms with Crippen LogP contribution in [-0.4, -0.2) is 49.1 Å². The Morgan fingerprint density at radius 3 is 2.55 bits per heavy atom. The van der Waals surface area contributed by atoms with E-state index in [0.29, 0.717) is 35.8 Å². The van der Waals surface area contributed by atoms with Gasteiger partial charge in [-0.3, -0.25) is 4.79 Å². The number of carbonyl (C=O) groups excluding carboxylic acids is 1. The highest BCUT2D eigenvalue weighted by molar-refractivity contribution is 7.99. The van der Waals surface area contributed by atoms with Crippen molar-refractivity contribution in [3.8, 4) is 5.75 Å². The van der Waals surface area contributed by atoms with Gasteiger partial charge in [0.1, 0.15) is 5.75 Å². The minimum atomic E-state index is -3.47. The summed E-state index contributed by atoms with van der Waals surface area (Å²) in [6.07, 6.45) is 1.81. The van der Waals surface area contributed by atoms with Crippen molar-refractivity contribution < 1.29 is 17.9 Å². The van der Waals surface area contributed by atoms with Crippen molar-refractivity contribution in [2.45, 2.75) is 36.6 Å². The largest absolute Gasteiger partial charge is 0.494 e. The smallest absolute Gasteiger partial charge is 0.243 e. The molecular weight excluding hydrogens is 458 g/mol. The summed E-state index contributed by atoms with van der Waals surface area (Å²) in [5.41, 5.74) is 2.34. The van der Waals surface area contributed by atoms with E-state index in [4.69, 9.17) is 4.74 Å². The normalized spacial score (nSPS) is 14.5. The first-order valence-corrected chi connectivity index (χ1v) is 13.4. The van der Waals surface area contributed by atoms with Gasteiger partial charge in [0.25, 0.3) is 0 Å². The number of aryl methyl sites for hydroxylation is 1. The lowest BCUT2D eigenvalue weighted by molar-refractivity contribution is -0.113. The summed E-state index contributed by atoms with van der Waals surface area (Å²) < 4.78 is 32.7. The number of nitrogens with zero attached hydrogens (tertiary/aromatic N) is 2. The van der Waals surface area contributed by atoms with Gasteiger partial charge in [0.2, 0.25) is 15.9 Å². The van der Waals surface area contributed by atoms with E-state index in [0.717, 1.165) is 34.6 Å². The molecule has 1 saturated heterocycles. The standard InChI is InChI=1S/C24H27N3O4S2/c1-3-31-19-8-6-18(7-9-19)25-23(28)16-32-24-14-17(2)21-15-20(10-11-22(21)26-24)33(29,30)27-12-4-5-13-27/h6-11,14-15H,3-5,12-13,16H2,1-2H3,(H,25,28). The maximum absolute atomic E-state index is 12.9. The Labute approximate surface area is 198 Å². The summed E-state index contributed by atoms with van der Waals surface area (Å²) in [7, 11) is -3.47. The van der Waals surface area contributed by atoms with Crippen molar-refractivity contribution in [3.63, 3.8) is 0 Å². The Kier molecular flexibility index (Phi) is 7.21. The highest BCUT2D eigenvalue weighted by atomic mass is 32.2. The molecule has 2 heterocycles. The number of rotatable bonds is 8. The number of thioether (sulfide) groups is 1. The van der Waals surface area contributed by atoms with Gasteiger partial charge in [-0.05, 0) is 80.8 Å². The number of hydrogen-bond donors (Lipinski definition) is 1. The Bertz CT molecular complexity index is 1250. The van der Waals surface area contributed by atoms with Gasteiger partial charge in [0.05, 0.1) is 27.8 Å². The van der Waals surface area contributed by atoms with E-state index in [1.807, 2.05) is 32.0 Å². The molecule has 1 amide bonds. The highest BCUT2D eigenvalue weighted by Crippen LogP contribution is 2.28. The van der Waals surface area contributed by atoms with E-state index in [1.165, 1.54) is 11.8 Å². The molecule has 9 heteroatoms. The van der Waals surface area contributed by atoms with Gasteiger partial charge in [-0.25, -0.2) is 13.4 Å². The van der Waals surface area contributed by atoms with Gasteiger partial charge in [0.15, 0.2) is 0 Å². The Hall–Kier alpha value is -2.62. The molecule has 0 aliphatic carbocycles. The lowest BCUT2D eigenvalue weighted by Gasteiger charge is -2.16. The van der Waals surface area contributed by atoms with Gasteiger partial charge in [-0.1, -0.05) is 11.8 Å². The second-order valence-electron chi connectivity index (χ2n) is 7.86. The minimum absolute atomic E-state index is 0.129. The van der Waals surface area contributed by atoms with E-state index in [-0.39, 0.29) is 11.7 Å². The molecule has 0 saturated carbocycles. The van der Waals surface area contributed by atoms with Crippen molar-refractivity contribution >= 4 is 44.3 Å². The summed E-state index contributed by atoms with van der Waals surface area (Å²) in [5.74, 6) is 0.847. The molecule has 1 aliphatic rings. The topological polar surface area (TPSA) is 88.6 Å². The summed E-state index contributed by atoms with van der Waals surface area (Å²) >= 11 is 1.34. The Morgan fingerprint density at radius 1 is 1.12 bits per heavy atom. The van der Waals surface area contributed by atoms with Gasteiger partial charge in [-0.15, -0.1) is 0 Å². The first-order valence-electron chi connectivity index (χ1n) is 10.9. The summed E-state index contributed by atoms with van der Waals surface area (Å²) in [5, 5.41) is 4.39. The van der Waals surface area contributed by atoms with Crippen molar-refractivity contribution in [2.24, 2.45) is 0 Å². The molecule has 2 aromatic carbocycles. The lowest BCUT2D eigenvalue weighted by Crippen LogP contribution is -2.27. The Balaban J connectivity index is 1.43. The molecule has 0 unspecified atom stereocenters. The molecule has 1 aliphatic heterocycles. The minimum Gasteiger partial charge on any atom is -0.494 e. The zero-order chi connectivity index (χ0) is 23.4. The van der Waals surface area contributed by atoms with Crippen LogP contribution in [0.4, 0.5) is 5.69 Å². The zero-order valence-corrected chi connectivity index (χ0v) is 20.3. The number of amides is 1. The van der Waals surface area contributed by atoms with Crippen molar-refractivity contribution in [1.82, 2.24) is 9.29 Å². The molecule has 1 fully saturated rings. The number of pyridine rings is 1. The molecule has 174 valence electrons. The van der Waals surface area contributed by atoms with Crippen LogP contribution in [0.1, 0.15) is 25.3 Å². The van der Waals surface area contributed by atoms with E-state index >= 15 is 0 Å². The van der Waals surface area contributed by atoms with Crippen LogP contribution in [0.3, 0.4) is 0 Å². The van der Waals surface area contributed by atoms with Crippen LogP contribution in [0.5, 0.6) is 5.75 Å². The third kappa shape index (κ3) is 5.48. The molecule has 4 rings (SSSR count). The van der Waals surface area contributed by atoms with Crippen molar-refractivity contribution in [3.05, 3.63) is 54.1 Å². The van der Waals surface area contributed by atoms with Gasteiger partial charge >= 0.3 is 0 Å². The number of carbonyl (C=O) groups is 1. The fraction of sp³-hybridized carbons (Fsp3) is 0.333. The first-order chi connectivity index (χ1) is 15.9. The fourth-order valence-corrected chi connectivity index (χ4v) is 6.11. The summed E-state index contributed by atoms with van der Waals surface area (Å²) in [6, 6.07) is 14.2. The first kappa shape index (κ1) is 23.5. The van der Waals surface area contributed by atoms with Gasteiger partial charge < -0.3 is 10.1 Å². The highest BCUT2D eigenvalue weighted by Gasteiger charge is 2.27. The van der Waals surface area contributed by atoms with Gasteiger partial charge in [0, 0.05) is 24.2 Å². The number of sulfonamides is 1. The van der Waals surface area contributed by atoms with Crippen LogP contribution >= 0.6 is 11.8 Å². The number of hydrogen-bond acceptors (Lipinski definition) is 6. The van der Waals surface area contributed by atoms with E-state index in [9.17, 15) is 13.2 Å². The van der Waals surface area contributed by atoms with Crippen LogP contribution in [0, 0.1) is 6.92 Å². The third-order valence-corrected chi connectivity index (χ3v) is 8.27. The predicted molar refractivity (Wildman–Crippen MR) is 131 cm³/mol. The molecule has 1 aromatic heterocycles. The van der Waals surface area contributed by atoms with Crippen LogP contribution < -0.4 is 10.1 Å². The lowest BCUT2D eigenvalue weighted by atomic mass is 10.1. The quantitative estimate of drug-likeness (QED) is 0.474. The number of aromatic nitrogens is 1. The van der Waals surface area contributed by atoms with Crippen LogP contribution in [0.15, 0.2) is 58.5 Å². The molecule has 7 nitrogen and oxygen atoms in total. The molecule has 0 bridgehead atoms. The number of anilines is 1. The third-order valence-electron chi connectivity index (χ3n) is 5.47. The van der Waals surface area contributed by atoms with Crippen molar-refractivity contribution in [1.29, 1.82) is 0 Å². The predicted octanol–water partition coefficient (Wildman–Crippen LogP) is 4.46.